The van der Waals surface area contributed by atoms with Gasteiger partial charge in [-0.05, 0) is 66.3 Å². The summed E-state index contributed by atoms with van der Waals surface area (Å²) in [6.45, 7) is 10.2. The zero-order chi connectivity index (χ0) is 20.6. The van der Waals surface area contributed by atoms with E-state index in [1.165, 1.54) is 25.0 Å². The molecule has 0 radical (unpaired) electrons. The van der Waals surface area contributed by atoms with Crippen molar-refractivity contribution in [1.29, 1.82) is 0 Å². The maximum Gasteiger partial charge on any atom is 0.225 e. The van der Waals surface area contributed by atoms with Crippen molar-refractivity contribution in [1.82, 2.24) is 9.97 Å². The number of nitrogens with zero attached hydrogens (tertiary/aromatic N) is 3. The summed E-state index contributed by atoms with van der Waals surface area (Å²) in [5.74, 6) is 0.712. The molecule has 1 aliphatic heterocycles. The summed E-state index contributed by atoms with van der Waals surface area (Å²) in [5, 5.41) is 1.35. The topological polar surface area (TPSA) is 29.0 Å². The second-order valence-electron chi connectivity index (χ2n) is 9.88. The standard InChI is InChI=1S/C23H25ClFN3S/c1-13-17(14-5-7-15(25)8-6-14)18-19(26-21(24)27-20(18)29-13)28-12-23(4)10-16(28)9-22(2,3)11-23/h5-8,16H,9-12H2,1-4H3. The summed E-state index contributed by atoms with van der Waals surface area (Å²) in [6, 6.07) is 7.17. The highest BCUT2D eigenvalue weighted by Gasteiger charge is 2.50. The van der Waals surface area contributed by atoms with Gasteiger partial charge >= 0.3 is 0 Å². The third kappa shape index (κ3) is 3.23. The van der Waals surface area contributed by atoms with Crippen LogP contribution in [0.3, 0.4) is 0 Å². The van der Waals surface area contributed by atoms with Crippen LogP contribution in [0, 0.1) is 23.6 Å². The van der Waals surface area contributed by atoms with Gasteiger partial charge in [-0.15, -0.1) is 11.3 Å². The van der Waals surface area contributed by atoms with Gasteiger partial charge in [0.2, 0.25) is 5.28 Å². The molecular formula is C23H25ClFN3S. The van der Waals surface area contributed by atoms with Crippen molar-refractivity contribution in [3.63, 3.8) is 0 Å². The SMILES string of the molecule is Cc1sc2nc(Cl)nc(N3CC4(C)CC3CC(C)(C)C4)c2c1-c1ccc(F)cc1. The fourth-order valence-electron chi connectivity index (χ4n) is 5.95. The highest BCUT2D eigenvalue weighted by molar-refractivity contribution is 7.19. The van der Waals surface area contributed by atoms with Gasteiger partial charge in [-0.3, -0.25) is 0 Å². The van der Waals surface area contributed by atoms with E-state index in [4.69, 9.17) is 16.6 Å². The van der Waals surface area contributed by atoms with Crippen molar-refractivity contribution in [2.24, 2.45) is 10.8 Å². The van der Waals surface area contributed by atoms with E-state index in [0.717, 1.165) is 45.0 Å². The van der Waals surface area contributed by atoms with Crippen molar-refractivity contribution >= 4 is 39.0 Å². The molecular weight excluding hydrogens is 405 g/mol. The Bertz CT molecular complexity index is 1110. The van der Waals surface area contributed by atoms with Crippen molar-refractivity contribution in [2.45, 2.75) is 53.0 Å². The van der Waals surface area contributed by atoms with E-state index < -0.39 is 0 Å². The lowest BCUT2D eigenvalue weighted by Crippen LogP contribution is -2.35. The quantitative estimate of drug-likeness (QED) is 0.416. The van der Waals surface area contributed by atoms with E-state index in [-0.39, 0.29) is 11.2 Å². The minimum absolute atomic E-state index is 0.228. The third-order valence-corrected chi connectivity index (χ3v) is 7.67. The number of thiophene rings is 1. The Hall–Kier alpha value is -1.72. The van der Waals surface area contributed by atoms with Crippen molar-refractivity contribution in [3.8, 4) is 11.1 Å². The first kappa shape index (κ1) is 19.3. The van der Waals surface area contributed by atoms with Gasteiger partial charge in [-0.1, -0.05) is 32.9 Å². The van der Waals surface area contributed by atoms with Gasteiger partial charge in [0, 0.05) is 23.0 Å². The fourth-order valence-corrected chi connectivity index (χ4v) is 7.20. The summed E-state index contributed by atoms with van der Waals surface area (Å²) in [4.78, 5) is 13.8. The molecule has 152 valence electrons. The molecule has 3 heterocycles. The Morgan fingerprint density at radius 2 is 1.86 bits per heavy atom. The van der Waals surface area contributed by atoms with Crippen LogP contribution in [0.4, 0.5) is 10.2 Å². The molecule has 2 fully saturated rings. The Morgan fingerprint density at radius 1 is 1.14 bits per heavy atom. The molecule has 1 aliphatic carbocycles. The zero-order valence-corrected chi connectivity index (χ0v) is 18.8. The van der Waals surface area contributed by atoms with Gasteiger partial charge in [0.15, 0.2) is 0 Å². The average molecular weight is 430 g/mol. The molecule has 0 amide bonds. The molecule has 2 aromatic heterocycles. The number of hydrogen-bond donors (Lipinski definition) is 0. The van der Waals surface area contributed by atoms with Crippen molar-refractivity contribution < 1.29 is 4.39 Å². The lowest BCUT2D eigenvalue weighted by atomic mass is 9.65. The summed E-state index contributed by atoms with van der Waals surface area (Å²) in [6.07, 6.45) is 3.57. The summed E-state index contributed by atoms with van der Waals surface area (Å²) in [5.41, 5.74) is 2.71. The number of benzene rings is 1. The number of aryl methyl sites for hydroxylation is 1. The molecule has 0 spiro atoms. The minimum atomic E-state index is -0.228. The number of fused-ring (bicyclic) bond motifs is 3. The third-order valence-electron chi connectivity index (χ3n) is 6.50. The maximum atomic E-state index is 13.5. The zero-order valence-electron chi connectivity index (χ0n) is 17.2. The van der Waals surface area contributed by atoms with E-state index in [0.29, 0.717) is 16.7 Å². The van der Waals surface area contributed by atoms with Gasteiger partial charge < -0.3 is 4.90 Å². The Kier molecular flexibility index (Phi) is 4.24. The lowest BCUT2D eigenvalue weighted by Gasteiger charge is -2.39. The molecule has 2 bridgehead atoms. The van der Waals surface area contributed by atoms with Crippen LogP contribution < -0.4 is 4.90 Å². The monoisotopic (exact) mass is 429 g/mol. The van der Waals surface area contributed by atoms with Crippen LogP contribution >= 0.6 is 22.9 Å². The lowest BCUT2D eigenvalue weighted by molar-refractivity contribution is 0.136. The first-order valence-electron chi connectivity index (χ1n) is 10.1. The molecule has 2 atom stereocenters. The number of hydrogen-bond acceptors (Lipinski definition) is 4. The first-order chi connectivity index (χ1) is 13.6. The molecule has 1 saturated carbocycles. The van der Waals surface area contributed by atoms with Gasteiger partial charge in [0.05, 0.1) is 5.39 Å². The fraction of sp³-hybridized carbons (Fsp3) is 0.478. The minimum Gasteiger partial charge on any atom is -0.352 e. The van der Waals surface area contributed by atoms with E-state index in [1.807, 2.05) is 12.1 Å². The Balaban J connectivity index is 1.71. The summed E-state index contributed by atoms with van der Waals surface area (Å²) in [7, 11) is 0. The van der Waals surface area contributed by atoms with Gasteiger partial charge in [-0.25, -0.2) is 9.37 Å². The van der Waals surface area contributed by atoms with Crippen LogP contribution in [0.15, 0.2) is 24.3 Å². The molecule has 29 heavy (non-hydrogen) atoms. The van der Waals surface area contributed by atoms with E-state index in [1.54, 1.807) is 11.3 Å². The van der Waals surface area contributed by atoms with E-state index in [9.17, 15) is 4.39 Å². The predicted octanol–water partition coefficient (Wildman–Crippen LogP) is 6.86. The van der Waals surface area contributed by atoms with Crippen LogP contribution in [-0.4, -0.2) is 22.6 Å². The first-order valence-corrected chi connectivity index (χ1v) is 11.3. The number of anilines is 1. The summed E-state index contributed by atoms with van der Waals surface area (Å²) < 4.78 is 13.5. The molecule has 2 aliphatic rings. The van der Waals surface area contributed by atoms with Crippen LogP contribution in [0.25, 0.3) is 21.3 Å². The van der Waals surface area contributed by atoms with Crippen LogP contribution in [-0.2, 0) is 0 Å². The molecule has 3 aromatic rings. The van der Waals surface area contributed by atoms with E-state index in [2.05, 4.69) is 37.6 Å². The van der Waals surface area contributed by atoms with E-state index >= 15 is 0 Å². The van der Waals surface area contributed by atoms with Gasteiger partial charge in [-0.2, -0.15) is 4.98 Å². The predicted molar refractivity (Wildman–Crippen MR) is 119 cm³/mol. The molecule has 0 N–H and O–H groups in total. The largest absolute Gasteiger partial charge is 0.352 e. The molecule has 1 saturated heterocycles. The molecule has 5 rings (SSSR count). The van der Waals surface area contributed by atoms with Crippen LogP contribution in [0.5, 0.6) is 0 Å². The van der Waals surface area contributed by atoms with Gasteiger partial charge in [0.1, 0.15) is 16.5 Å². The molecule has 1 aromatic carbocycles. The molecule has 6 heteroatoms. The second-order valence-corrected chi connectivity index (χ2v) is 11.4. The van der Waals surface area contributed by atoms with Gasteiger partial charge in [0.25, 0.3) is 0 Å². The second kappa shape index (κ2) is 6.39. The van der Waals surface area contributed by atoms with Crippen LogP contribution in [0.1, 0.15) is 44.9 Å². The molecule has 2 unspecified atom stereocenters. The Morgan fingerprint density at radius 3 is 2.59 bits per heavy atom. The Labute approximate surface area is 179 Å². The normalized spacial score (nSPS) is 25.7. The highest BCUT2D eigenvalue weighted by Crippen LogP contribution is 2.54. The maximum absolute atomic E-state index is 13.5. The number of halogens is 2. The van der Waals surface area contributed by atoms with Crippen molar-refractivity contribution in [3.05, 3.63) is 40.2 Å². The number of aromatic nitrogens is 2. The smallest absolute Gasteiger partial charge is 0.225 e. The number of rotatable bonds is 2. The summed E-state index contributed by atoms with van der Waals surface area (Å²) >= 11 is 8.01. The van der Waals surface area contributed by atoms with Crippen molar-refractivity contribution in [2.75, 3.05) is 11.4 Å². The van der Waals surface area contributed by atoms with Crippen LogP contribution in [0.2, 0.25) is 5.28 Å². The molecule has 3 nitrogen and oxygen atoms in total. The highest BCUT2D eigenvalue weighted by atomic mass is 35.5. The average Bonchev–Trinajstić information content (AvgIpc) is 3.06.